The second-order valence-corrected chi connectivity index (χ2v) is 5.91. The van der Waals surface area contributed by atoms with Crippen molar-refractivity contribution in [2.45, 2.75) is 65.2 Å². The van der Waals surface area contributed by atoms with Crippen LogP contribution < -0.4 is 0 Å². The molecule has 1 atom stereocenters. The van der Waals surface area contributed by atoms with Crippen LogP contribution in [-0.4, -0.2) is 19.5 Å². The van der Waals surface area contributed by atoms with Crippen LogP contribution >= 0.6 is 0 Å². The van der Waals surface area contributed by atoms with E-state index in [1.54, 1.807) is 7.11 Å². The zero-order chi connectivity index (χ0) is 14.8. The summed E-state index contributed by atoms with van der Waals surface area (Å²) in [4.78, 5) is 12.5. The molecule has 2 nitrogen and oxygen atoms in total. The van der Waals surface area contributed by atoms with Gasteiger partial charge in [-0.25, -0.2) is 0 Å². The Bertz CT molecular complexity index is 354. The molecule has 0 spiro atoms. The topological polar surface area (TPSA) is 26.3 Å². The Labute approximate surface area is 124 Å². The summed E-state index contributed by atoms with van der Waals surface area (Å²) < 4.78 is 5.28. The van der Waals surface area contributed by atoms with Gasteiger partial charge >= 0.3 is 0 Å². The molecule has 1 aliphatic rings. The fourth-order valence-electron chi connectivity index (χ4n) is 2.89. The molecule has 0 amide bonds. The monoisotopic (exact) mass is 278 g/mol. The number of carbonyl (C=O) groups excluding carboxylic acids is 1. The number of allylic oxidation sites excluding steroid dienone is 2. The van der Waals surface area contributed by atoms with E-state index in [0.717, 1.165) is 12.0 Å². The van der Waals surface area contributed by atoms with Crippen LogP contribution in [0, 0.1) is 5.41 Å². The Morgan fingerprint density at radius 2 is 1.80 bits per heavy atom. The molecule has 1 unspecified atom stereocenters. The van der Waals surface area contributed by atoms with Crippen molar-refractivity contribution in [2.24, 2.45) is 5.41 Å². The van der Waals surface area contributed by atoms with E-state index in [-0.39, 0.29) is 0 Å². The number of ketones is 1. The highest BCUT2D eigenvalue weighted by atomic mass is 16.5. The molecule has 114 valence electrons. The van der Waals surface area contributed by atoms with Crippen molar-refractivity contribution in [3.63, 3.8) is 0 Å². The SMILES string of the molecule is CCCCCCCCCC(=O)C1(COC)C=CC=C1C. The fraction of sp³-hybridized carbons (Fsp3) is 0.722. The van der Waals surface area contributed by atoms with Gasteiger partial charge < -0.3 is 4.74 Å². The smallest absolute Gasteiger partial charge is 0.149 e. The lowest BCUT2D eigenvalue weighted by atomic mass is 9.78. The van der Waals surface area contributed by atoms with Crippen molar-refractivity contribution >= 4 is 5.78 Å². The summed E-state index contributed by atoms with van der Waals surface area (Å²) in [5.41, 5.74) is 0.643. The molecule has 1 aliphatic carbocycles. The lowest BCUT2D eigenvalue weighted by Gasteiger charge is -2.27. The van der Waals surface area contributed by atoms with Crippen molar-refractivity contribution in [1.29, 1.82) is 0 Å². The minimum atomic E-state index is -0.475. The van der Waals surface area contributed by atoms with Crippen LogP contribution in [0.1, 0.15) is 65.2 Å². The summed E-state index contributed by atoms with van der Waals surface area (Å²) >= 11 is 0. The summed E-state index contributed by atoms with van der Waals surface area (Å²) in [6, 6.07) is 0. The van der Waals surface area contributed by atoms with E-state index in [1.807, 2.05) is 25.2 Å². The molecule has 0 aromatic rings. The first-order valence-electron chi connectivity index (χ1n) is 8.06. The lowest BCUT2D eigenvalue weighted by molar-refractivity contribution is -0.126. The van der Waals surface area contributed by atoms with E-state index < -0.39 is 5.41 Å². The van der Waals surface area contributed by atoms with Gasteiger partial charge in [0.05, 0.1) is 12.0 Å². The summed E-state index contributed by atoms with van der Waals surface area (Å²) in [5, 5.41) is 0. The highest BCUT2D eigenvalue weighted by Gasteiger charge is 2.38. The molecule has 0 saturated carbocycles. The number of ether oxygens (including phenoxy) is 1. The third-order valence-corrected chi connectivity index (χ3v) is 4.31. The Morgan fingerprint density at radius 1 is 1.15 bits per heavy atom. The minimum Gasteiger partial charge on any atom is -0.383 e. The van der Waals surface area contributed by atoms with Gasteiger partial charge in [0.15, 0.2) is 0 Å². The molecule has 0 heterocycles. The minimum absolute atomic E-state index is 0.315. The first-order chi connectivity index (χ1) is 9.67. The largest absolute Gasteiger partial charge is 0.383 e. The first kappa shape index (κ1) is 17.2. The highest BCUT2D eigenvalue weighted by molar-refractivity contribution is 5.91. The second kappa shape index (κ2) is 9.12. The van der Waals surface area contributed by atoms with Gasteiger partial charge in [0.1, 0.15) is 5.78 Å². The average molecular weight is 278 g/mol. The number of methoxy groups -OCH3 is 1. The van der Waals surface area contributed by atoms with Crippen LogP contribution in [0.4, 0.5) is 0 Å². The molecule has 0 aromatic heterocycles. The number of unbranched alkanes of at least 4 members (excludes halogenated alkanes) is 6. The predicted octanol–water partition coefficient (Wildman–Crippen LogP) is 4.85. The summed E-state index contributed by atoms with van der Waals surface area (Å²) in [6.07, 6.45) is 15.4. The van der Waals surface area contributed by atoms with Crippen molar-refractivity contribution in [3.8, 4) is 0 Å². The summed E-state index contributed by atoms with van der Waals surface area (Å²) in [6.45, 7) is 4.74. The predicted molar refractivity (Wildman–Crippen MR) is 84.8 cm³/mol. The molecule has 0 N–H and O–H groups in total. The number of hydrogen-bond acceptors (Lipinski definition) is 2. The van der Waals surface area contributed by atoms with Crippen molar-refractivity contribution in [3.05, 3.63) is 23.8 Å². The van der Waals surface area contributed by atoms with E-state index >= 15 is 0 Å². The maximum atomic E-state index is 12.5. The Morgan fingerprint density at radius 3 is 2.35 bits per heavy atom. The molecule has 0 fully saturated rings. The summed E-state index contributed by atoms with van der Waals surface area (Å²) in [7, 11) is 1.67. The third kappa shape index (κ3) is 4.59. The Balaban J connectivity index is 2.30. The molecule has 20 heavy (non-hydrogen) atoms. The molecular formula is C18H30O2. The zero-order valence-electron chi connectivity index (χ0n) is 13.4. The fourth-order valence-corrected chi connectivity index (χ4v) is 2.89. The Kier molecular flexibility index (Phi) is 7.83. The van der Waals surface area contributed by atoms with Gasteiger partial charge in [-0.15, -0.1) is 0 Å². The normalized spacial score (nSPS) is 21.2. The quantitative estimate of drug-likeness (QED) is 0.505. The van der Waals surface area contributed by atoms with Crippen LogP contribution in [0.15, 0.2) is 23.8 Å². The van der Waals surface area contributed by atoms with Crippen LogP contribution in [0.25, 0.3) is 0 Å². The molecule has 0 radical (unpaired) electrons. The number of hydrogen-bond donors (Lipinski definition) is 0. The Hall–Kier alpha value is -0.890. The number of carbonyl (C=O) groups is 1. The average Bonchev–Trinajstić information content (AvgIpc) is 2.80. The molecule has 0 aliphatic heterocycles. The second-order valence-electron chi connectivity index (χ2n) is 5.91. The maximum Gasteiger partial charge on any atom is 0.149 e. The molecule has 2 heteroatoms. The van der Waals surface area contributed by atoms with Gasteiger partial charge in [-0.1, -0.05) is 69.2 Å². The zero-order valence-corrected chi connectivity index (χ0v) is 13.4. The highest BCUT2D eigenvalue weighted by Crippen LogP contribution is 2.36. The molecule has 0 bridgehead atoms. The van der Waals surface area contributed by atoms with Gasteiger partial charge in [0.25, 0.3) is 0 Å². The van der Waals surface area contributed by atoms with Crippen LogP contribution in [-0.2, 0) is 9.53 Å². The van der Waals surface area contributed by atoms with Gasteiger partial charge in [-0.3, -0.25) is 4.79 Å². The van der Waals surface area contributed by atoms with E-state index in [0.29, 0.717) is 18.8 Å². The lowest BCUT2D eigenvalue weighted by Crippen LogP contribution is -2.33. The van der Waals surface area contributed by atoms with Gasteiger partial charge in [-0.2, -0.15) is 0 Å². The maximum absolute atomic E-state index is 12.5. The summed E-state index contributed by atoms with van der Waals surface area (Å²) in [5.74, 6) is 0.315. The van der Waals surface area contributed by atoms with Gasteiger partial charge in [0, 0.05) is 13.5 Å². The molecule has 1 rings (SSSR count). The first-order valence-corrected chi connectivity index (χ1v) is 8.06. The standard InChI is InChI=1S/C18H30O2/c1-4-5-6-7-8-9-10-13-17(19)18(15-20-3)14-11-12-16(18)2/h11-12,14H,4-10,13,15H2,1-3H3. The molecule has 0 saturated heterocycles. The van der Waals surface area contributed by atoms with E-state index in [2.05, 4.69) is 6.92 Å². The van der Waals surface area contributed by atoms with E-state index in [1.165, 1.54) is 38.5 Å². The van der Waals surface area contributed by atoms with Crippen LogP contribution in [0.2, 0.25) is 0 Å². The van der Waals surface area contributed by atoms with Gasteiger partial charge in [-0.05, 0) is 13.3 Å². The van der Waals surface area contributed by atoms with Crippen LogP contribution in [0.5, 0.6) is 0 Å². The van der Waals surface area contributed by atoms with Crippen LogP contribution in [0.3, 0.4) is 0 Å². The van der Waals surface area contributed by atoms with E-state index in [4.69, 9.17) is 4.74 Å². The number of rotatable bonds is 11. The molecular weight excluding hydrogens is 248 g/mol. The number of Topliss-reactive ketones (excluding diaryl/α,β-unsaturated/α-hetero) is 1. The van der Waals surface area contributed by atoms with Crippen molar-refractivity contribution in [1.82, 2.24) is 0 Å². The van der Waals surface area contributed by atoms with Crippen molar-refractivity contribution < 1.29 is 9.53 Å². The van der Waals surface area contributed by atoms with E-state index in [9.17, 15) is 4.79 Å². The third-order valence-electron chi connectivity index (χ3n) is 4.31. The van der Waals surface area contributed by atoms with Crippen molar-refractivity contribution in [2.75, 3.05) is 13.7 Å². The van der Waals surface area contributed by atoms with Gasteiger partial charge in [0.2, 0.25) is 0 Å². The molecule has 0 aromatic carbocycles.